The lowest BCUT2D eigenvalue weighted by Crippen LogP contribution is -2.44. The fourth-order valence-electron chi connectivity index (χ4n) is 3.66. The normalized spacial score (nSPS) is 16.7. The third-order valence-corrected chi connectivity index (χ3v) is 7.76. The van der Waals surface area contributed by atoms with Gasteiger partial charge >= 0.3 is 18.6 Å². The van der Waals surface area contributed by atoms with Crippen LogP contribution in [0.25, 0.3) is 0 Å². The molecule has 2 atom stereocenters. The molecule has 0 bridgehead atoms. The van der Waals surface area contributed by atoms with E-state index in [1.165, 1.54) is 12.1 Å². The van der Waals surface area contributed by atoms with E-state index in [0.29, 0.717) is 19.9 Å². The van der Waals surface area contributed by atoms with Gasteiger partial charge in [-0.2, -0.15) is 13.2 Å². The largest absolute Gasteiger partial charge is 0.573 e. The zero-order valence-electron chi connectivity index (χ0n) is 21.8. The molecule has 226 valence electrons. The van der Waals surface area contributed by atoms with Crippen molar-refractivity contribution in [2.24, 2.45) is 5.92 Å². The summed E-state index contributed by atoms with van der Waals surface area (Å²) in [4.78, 5) is 11.6. The number of halogens is 6. The third-order valence-electron chi connectivity index (χ3n) is 5.98. The zero-order chi connectivity index (χ0) is 31.0. The molecule has 0 unspecified atom stereocenters. The van der Waals surface area contributed by atoms with Gasteiger partial charge in [-0.1, -0.05) is 19.6 Å². The number of hydrogen-bond donors (Lipinski definition) is 2. The predicted molar refractivity (Wildman–Crippen MR) is 134 cm³/mol. The minimum atomic E-state index is -5.09. The highest BCUT2D eigenvalue weighted by molar-refractivity contribution is 7.92. The lowest BCUT2D eigenvalue weighted by atomic mass is 10.0. The summed E-state index contributed by atoms with van der Waals surface area (Å²) < 4.78 is 120. The highest BCUT2D eigenvalue weighted by atomic mass is 32.2. The maximum absolute atomic E-state index is 13.7. The number of nitrogens with one attached hydrogen (secondary N) is 1. The van der Waals surface area contributed by atoms with E-state index in [2.05, 4.69) is 21.4 Å². The summed E-state index contributed by atoms with van der Waals surface area (Å²) >= 11 is 0. The summed E-state index contributed by atoms with van der Waals surface area (Å²) in [5, 5.41) is 11.8. The molecular weight excluding hydrogens is 586 g/mol. The summed E-state index contributed by atoms with van der Waals surface area (Å²) in [5.41, 5.74) is -3.18. The molecule has 0 radical (unpaired) electrons. The number of hydrogen-bond acceptors (Lipinski definition) is 7. The van der Waals surface area contributed by atoms with E-state index in [1.807, 2.05) is 0 Å². The lowest BCUT2D eigenvalue weighted by molar-refractivity contribution is -0.274. The van der Waals surface area contributed by atoms with E-state index in [9.17, 15) is 44.7 Å². The number of aliphatic hydroxyl groups excluding tert-OH is 1. The molecular formula is C25H26F6N2O7S. The summed E-state index contributed by atoms with van der Waals surface area (Å²) in [7, 11) is -4.61. The summed E-state index contributed by atoms with van der Waals surface area (Å²) in [5.74, 6) is -1.54. The molecule has 0 fully saturated rings. The number of carbonyl (C=O) groups is 1. The SMILES string of the molecule is C=C(O)[C@@H](C)C[C@H]1CN(S(=O)(=O)c2cccc(OC(F)(F)F)c2)c2cc(NC(=O)OC(C)(C)C(F)(F)F)ccc2O1. The van der Waals surface area contributed by atoms with Gasteiger partial charge in [0.25, 0.3) is 10.0 Å². The molecule has 0 aliphatic carbocycles. The Labute approximate surface area is 231 Å². The number of sulfonamides is 1. The Morgan fingerprint density at radius 2 is 1.83 bits per heavy atom. The number of anilines is 2. The molecule has 0 saturated carbocycles. The molecule has 2 aromatic carbocycles. The van der Waals surface area contributed by atoms with Crippen molar-refractivity contribution in [3.05, 3.63) is 54.8 Å². The average Bonchev–Trinajstić information content (AvgIpc) is 2.81. The van der Waals surface area contributed by atoms with Crippen LogP contribution in [-0.2, 0) is 14.8 Å². The van der Waals surface area contributed by atoms with Gasteiger partial charge in [0.15, 0.2) is 0 Å². The molecule has 0 saturated heterocycles. The summed E-state index contributed by atoms with van der Waals surface area (Å²) in [6.45, 7) is 5.94. The van der Waals surface area contributed by atoms with Gasteiger partial charge in [-0.05, 0) is 50.6 Å². The second-order valence-electron chi connectivity index (χ2n) is 9.63. The molecule has 3 rings (SSSR count). The molecule has 1 heterocycles. The van der Waals surface area contributed by atoms with Crippen LogP contribution in [0.1, 0.15) is 27.2 Å². The van der Waals surface area contributed by atoms with E-state index < -0.39 is 56.9 Å². The number of aliphatic hydroxyl groups is 1. The highest BCUT2D eigenvalue weighted by Crippen LogP contribution is 2.41. The van der Waals surface area contributed by atoms with E-state index >= 15 is 0 Å². The number of ether oxygens (including phenoxy) is 3. The van der Waals surface area contributed by atoms with Crippen LogP contribution in [0.4, 0.5) is 42.5 Å². The Bertz CT molecular complexity index is 1410. The van der Waals surface area contributed by atoms with Gasteiger partial charge in [-0.25, -0.2) is 13.2 Å². The smallest absolute Gasteiger partial charge is 0.513 e. The Kier molecular flexibility index (Phi) is 8.67. The highest BCUT2D eigenvalue weighted by Gasteiger charge is 2.51. The molecule has 2 N–H and O–H groups in total. The van der Waals surface area contributed by atoms with Gasteiger partial charge in [-0.3, -0.25) is 9.62 Å². The Balaban J connectivity index is 2.01. The molecule has 1 amide bonds. The first-order chi connectivity index (χ1) is 18.7. The first-order valence-electron chi connectivity index (χ1n) is 11.8. The maximum Gasteiger partial charge on any atom is 0.573 e. The van der Waals surface area contributed by atoms with Crippen LogP contribution in [0.5, 0.6) is 11.5 Å². The fraction of sp³-hybridized carbons (Fsp3) is 0.400. The van der Waals surface area contributed by atoms with Crippen molar-refractivity contribution in [1.82, 2.24) is 0 Å². The number of benzene rings is 2. The van der Waals surface area contributed by atoms with Crippen LogP contribution in [0.15, 0.2) is 59.7 Å². The van der Waals surface area contributed by atoms with Crippen molar-refractivity contribution in [3.63, 3.8) is 0 Å². The average molecular weight is 613 g/mol. The number of rotatable bonds is 8. The standard InChI is InChI=1S/C25H26F6N2O7S/c1-14(15(2)34)10-18-13-33(41(36,37)19-7-5-6-17(12-19)39-25(29,30)31)20-11-16(8-9-21(20)38-18)32-22(35)40-23(3,4)24(26,27)28/h5-9,11-12,14,18,34H,2,10,13H2,1,3-4H3,(H,32,35)/t14-,18-/m0/s1. The molecule has 0 aromatic heterocycles. The number of carbonyl (C=O) groups excluding carboxylic acids is 1. The maximum atomic E-state index is 13.7. The molecule has 16 heteroatoms. The Morgan fingerprint density at radius 1 is 1.17 bits per heavy atom. The van der Waals surface area contributed by atoms with Crippen molar-refractivity contribution in [2.75, 3.05) is 16.2 Å². The van der Waals surface area contributed by atoms with E-state index in [4.69, 9.17) is 4.74 Å². The van der Waals surface area contributed by atoms with Crippen LogP contribution in [0.2, 0.25) is 0 Å². The molecule has 0 spiro atoms. The number of allylic oxidation sites excluding steroid dienone is 1. The third kappa shape index (κ3) is 7.68. The molecule has 1 aliphatic rings. The van der Waals surface area contributed by atoms with E-state index in [1.54, 1.807) is 6.92 Å². The Hall–Kier alpha value is -3.82. The number of fused-ring (bicyclic) bond motifs is 1. The molecule has 41 heavy (non-hydrogen) atoms. The van der Waals surface area contributed by atoms with Gasteiger partial charge in [-0.15, -0.1) is 13.2 Å². The van der Waals surface area contributed by atoms with Crippen LogP contribution in [0.3, 0.4) is 0 Å². The number of nitrogens with zero attached hydrogens (tertiary/aromatic N) is 1. The lowest BCUT2D eigenvalue weighted by Gasteiger charge is -2.36. The second-order valence-corrected chi connectivity index (χ2v) is 11.5. The van der Waals surface area contributed by atoms with Crippen molar-refractivity contribution < 1.29 is 58.9 Å². The summed E-state index contributed by atoms with van der Waals surface area (Å²) in [6.07, 6.45) is -12.2. The van der Waals surface area contributed by atoms with Crippen LogP contribution in [0, 0.1) is 5.92 Å². The van der Waals surface area contributed by atoms with Gasteiger partial charge in [0, 0.05) is 17.7 Å². The predicted octanol–water partition coefficient (Wildman–Crippen LogP) is 6.53. The molecule has 1 aliphatic heterocycles. The second kappa shape index (κ2) is 11.2. The first kappa shape index (κ1) is 31.7. The van der Waals surface area contributed by atoms with Crippen LogP contribution in [-0.4, -0.2) is 50.4 Å². The van der Waals surface area contributed by atoms with Gasteiger partial charge < -0.3 is 19.3 Å². The first-order valence-corrected chi connectivity index (χ1v) is 13.3. The monoisotopic (exact) mass is 612 g/mol. The van der Waals surface area contributed by atoms with Crippen LogP contribution >= 0.6 is 0 Å². The minimum Gasteiger partial charge on any atom is -0.513 e. The van der Waals surface area contributed by atoms with Crippen molar-refractivity contribution >= 4 is 27.5 Å². The minimum absolute atomic E-state index is 0.0298. The Morgan fingerprint density at radius 3 is 2.41 bits per heavy atom. The zero-order valence-corrected chi connectivity index (χ0v) is 22.7. The number of amides is 1. The van der Waals surface area contributed by atoms with Crippen molar-refractivity contribution in [2.45, 2.75) is 56.3 Å². The van der Waals surface area contributed by atoms with Crippen molar-refractivity contribution in [3.8, 4) is 11.5 Å². The van der Waals surface area contributed by atoms with Gasteiger partial charge in [0.1, 0.15) is 17.6 Å². The molecule has 9 nitrogen and oxygen atoms in total. The van der Waals surface area contributed by atoms with E-state index in [-0.39, 0.29) is 35.8 Å². The topological polar surface area (TPSA) is 114 Å². The molecule has 2 aromatic rings. The summed E-state index contributed by atoms with van der Waals surface area (Å²) in [6, 6.07) is 7.23. The fourth-order valence-corrected chi connectivity index (χ4v) is 5.20. The van der Waals surface area contributed by atoms with Gasteiger partial charge in [0.05, 0.1) is 22.9 Å². The quantitative estimate of drug-likeness (QED) is 0.257. The van der Waals surface area contributed by atoms with Gasteiger partial charge in [0.2, 0.25) is 5.60 Å². The van der Waals surface area contributed by atoms with Crippen LogP contribution < -0.4 is 19.1 Å². The number of alkyl halides is 6. The van der Waals surface area contributed by atoms with E-state index in [0.717, 1.165) is 28.6 Å². The van der Waals surface area contributed by atoms with Crippen molar-refractivity contribution in [1.29, 1.82) is 0 Å².